The second-order valence-electron chi connectivity index (χ2n) is 8.12. The molecule has 5 rings (SSSR count). The van der Waals surface area contributed by atoms with Crippen molar-refractivity contribution in [3.05, 3.63) is 65.3 Å². The van der Waals surface area contributed by atoms with E-state index in [1.807, 2.05) is 44.2 Å². The van der Waals surface area contributed by atoms with Gasteiger partial charge in [-0.1, -0.05) is 12.2 Å². The van der Waals surface area contributed by atoms with Crippen LogP contribution in [-0.2, 0) is 14.2 Å². The zero-order valence-corrected chi connectivity index (χ0v) is 18.8. The van der Waals surface area contributed by atoms with Gasteiger partial charge in [0.15, 0.2) is 11.4 Å². The predicted molar refractivity (Wildman–Crippen MR) is 123 cm³/mol. The van der Waals surface area contributed by atoms with Crippen molar-refractivity contribution in [3.8, 4) is 0 Å². The molecule has 9 nitrogen and oxygen atoms in total. The summed E-state index contributed by atoms with van der Waals surface area (Å²) in [7, 11) is 1.60. The van der Waals surface area contributed by atoms with Gasteiger partial charge in [0.25, 0.3) is 0 Å². The van der Waals surface area contributed by atoms with Gasteiger partial charge < -0.3 is 24.4 Å². The minimum atomic E-state index is -1.03. The summed E-state index contributed by atoms with van der Waals surface area (Å²) in [6.07, 6.45) is 9.02. The zero-order valence-electron chi connectivity index (χ0n) is 18.8. The molecule has 170 valence electrons. The van der Waals surface area contributed by atoms with Gasteiger partial charge >= 0.3 is 5.97 Å². The number of esters is 1. The molecule has 1 aliphatic carbocycles. The summed E-state index contributed by atoms with van der Waals surface area (Å²) in [4.78, 5) is 29.2. The SMILES string of the molecule is COC1=C(C)[C@@]2(C)OC(=O)c3c(Nc4cccnc4)nc(N4CCOCC4)nc3C2=CC=C1. The van der Waals surface area contributed by atoms with Crippen molar-refractivity contribution in [1.82, 2.24) is 15.0 Å². The van der Waals surface area contributed by atoms with Gasteiger partial charge in [0.2, 0.25) is 5.95 Å². The molecule has 33 heavy (non-hydrogen) atoms. The number of ether oxygens (including phenoxy) is 3. The monoisotopic (exact) mass is 447 g/mol. The molecule has 1 saturated heterocycles. The molecule has 1 N–H and O–H groups in total. The number of hydrogen-bond acceptors (Lipinski definition) is 9. The van der Waals surface area contributed by atoms with E-state index in [4.69, 9.17) is 24.2 Å². The van der Waals surface area contributed by atoms with Gasteiger partial charge in [-0.3, -0.25) is 4.98 Å². The Bertz CT molecular complexity index is 1180. The normalized spacial score (nSPS) is 22.1. The third kappa shape index (κ3) is 3.64. The van der Waals surface area contributed by atoms with E-state index in [9.17, 15) is 4.79 Å². The number of allylic oxidation sites excluding steroid dienone is 3. The summed E-state index contributed by atoms with van der Waals surface area (Å²) in [6.45, 7) is 6.29. The fourth-order valence-electron chi connectivity index (χ4n) is 4.25. The van der Waals surface area contributed by atoms with Gasteiger partial charge in [0, 0.05) is 30.4 Å². The number of hydrogen-bond donors (Lipinski definition) is 1. The Morgan fingerprint density at radius 1 is 1.24 bits per heavy atom. The third-order valence-corrected chi connectivity index (χ3v) is 6.20. The van der Waals surface area contributed by atoms with Gasteiger partial charge in [-0.05, 0) is 32.1 Å². The van der Waals surface area contributed by atoms with E-state index >= 15 is 0 Å². The topological polar surface area (TPSA) is 98.7 Å². The first-order chi connectivity index (χ1) is 16.0. The van der Waals surface area contributed by atoms with E-state index in [1.54, 1.807) is 19.5 Å². The smallest absolute Gasteiger partial charge is 0.345 e. The number of anilines is 3. The minimum Gasteiger partial charge on any atom is -0.497 e. The van der Waals surface area contributed by atoms with E-state index in [1.165, 1.54) is 0 Å². The van der Waals surface area contributed by atoms with Gasteiger partial charge in [-0.15, -0.1) is 0 Å². The zero-order chi connectivity index (χ0) is 23.0. The number of carbonyl (C=O) groups is 1. The first kappa shape index (κ1) is 21.1. The van der Waals surface area contributed by atoms with Crippen LogP contribution in [-0.4, -0.2) is 59.9 Å². The van der Waals surface area contributed by atoms with Crippen LogP contribution in [0.1, 0.15) is 29.9 Å². The summed E-state index contributed by atoms with van der Waals surface area (Å²) in [5.74, 6) is 1.06. The van der Waals surface area contributed by atoms with Crippen LogP contribution in [0.5, 0.6) is 0 Å². The number of nitrogens with zero attached hydrogens (tertiary/aromatic N) is 4. The fourth-order valence-corrected chi connectivity index (χ4v) is 4.25. The first-order valence-corrected chi connectivity index (χ1v) is 10.8. The molecule has 0 spiro atoms. The lowest BCUT2D eigenvalue weighted by Gasteiger charge is -2.38. The number of nitrogens with one attached hydrogen (secondary N) is 1. The molecule has 4 heterocycles. The molecular formula is C24H25N5O4. The second kappa shape index (κ2) is 8.32. The Hall–Kier alpha value is -3.72. The molecule has 0 saturated carbocycles. The number of rotatable bonds is 4. The summed E-state index contributed by atoms with van der Waals surface area (Å²) in [5.41, 5.74) is 2.07. The molecule has 0 radical (unpaired) electrons. The molecule has 0 bridgehead atoms. The molecule has 2 aromatic heterocycles. The first-order valence-electron chi connectivity index (χ1n) is 10.8. The molecule has 0 unspecified atom stereocenters. The fraction of sp³-hybridized carbons (Fsp3) is 0.333. The Labute approximate surface area is 191 Å². The van der Waals surface area contributed by atoms with E-state index in [-0.39, 0.29) is 0 Å². The van der Waals surface area contributed by atoms with Gasteiger partial charge in [0.1, 0.15) is 11.3 Å². The van der Waals surface area contributed by atoms with E-state index < -0.39 is 11.6 Å². The highest BCUT2D eigenvalue weighted by Gasteiger charge is 2.46. The van der Waals surface area contributed by atoms with Gasteiger partial charge in [0.05, 0.1) is 37.9 Å². The third-order valence-electron chi connectivity index (χ3n) is 6.20. The van der Waals surface area contributed by atoms with Crippen molar-refractivity contribution in [2.24, 2.45) is 0 Å². The number of aromatic nitrogens is 3. The maximum Gasteiger partial charge on any atom is 0.345 e. The number of fused-ring (bicyclic) bond motifs is 3. The molecule has 0 amide bonds. The lowest BCUT2D eigenvalue weighted by Crippen LogP contribution is -2.42. The predicted octanol–water partition coefficient (Wildman–Crippen LogP) is 3.25. The second-order valence-corrected chi connectivity index (χ2v) is 8.12. The number of morpholine rings is 1. The molecule has 2 aromatic rings. The van der Waals surface area contributed by atoms with Crippen LogP contribution < -0.4 is 10.2 Å². The Morgan fingerprint density at radius 3 is 2.79 bits per heavy atom. The number of carbonyl (C=O) groups excluding carboxylic acids is 1. The molecular weight excluding hydrogens is 422 g/mol. The number of methoxy groups -OCH3 is 1. The van der Waals surface area contributed by atoms with Crippen LogP contribution in [0, 0.1) is 0 Å². The quantitative estimate of drug-likeness (QED) is 0.708. The van der Waals surface area contributed by atoms with Crippen LogP contribution in [0.25, 0.3) is 5.57 Å². The van der Waals surface area contributed by atoms with Gasteiger partial charge in [-0.2, -0.15) is 4.98 Å². The minimum absolute atomic E-state index is 0.293. The molecule has 9 heteroatoms. The highest BCUT2D eigenvalue weighted by Crippen LogP contribution is 2.46. The molecule has 1 fully saturated rings. The Kier molecular flexibility index (Phi) is 5.33. The number of pyridine rings is 1. The molecule has 0 aromatic carbocycles. The lowest BCUT2D eigenvalue weighted by atomic mass is 9.82. The maximum absolute atomic E-state index is 13.4. The van der Waals surface area contributed by atoms with Crippen LogP contribution in [0.15, 0.2) is 54.1 Å². The standard InChI is InChI=1S/C24H25N5O4/c1-15-18(31-3)8-4-7-17-20-19(22(30)33-24(15,17)2)21(26-16-6-5-9-25-14-16)28-23(27-20)29-10-12-32-13-11-29/h4-9,14H,10-13H2,1-3H3,(H,26,27,28)/t24-/m1/s1. The summed E-state index contributed by atoms with van der Waals surface area (Å²) < 4.78 is 17.1. The molecule has 3 aliphatic rings. The summed E-state index contributed by atoms with van der Waals surface area (Å²) in [6, 6.07) is 3.67. The van der Waals surface area contributed by atoms with E-state index in [0.717, 1.165) is 11.1 Å². The largest absolute Gasteiger partial charge is 0.497 e. The van der Waals surface area contributed by atoms with Crippen LogP contribution >= 0.6 is 0 Å². The maximum atomic E-state index is 13.4. The molecule has 1 atom stereocenters. The van der Waals surface area contributed by atoms with Crippen molar-refractivity contribution in [1.29, 1.82) is 0 Å². The Morgan fingerprint density at radius 2 is 2.06 bits per heavy atom. The lowest BCUT2D eigenvalue weighted by molar-refractivity contribution is 0.0215. The van der Waals surface area contributed by atoms with E-state index in [0.29, 0.717) is 60.8 Å². The van der Waals surface area contributed by atoms with Crippen LogP contribution in [0.3, 0.4) is 0 Å². The van der Waals surface area contributed by atoms with Gasteiger partial charge in [-0.25, -0.2) is 9.78 Å². The van der Waals surface area contributed by atoms with Crippen molar-refractivity contribution in [2.75, 3.05) is 43.6 Å². The molecule has 2 aliphatic heterocycles. The summed E-state index contributed by atoms with van der Waals surface area (Å²) in [5, 5.41) is 3.24. The van der Waals surface area contributed by atoms with Crippen molar-refractivity contribution in [2.45, 2.75) is 19.4 Å². The average molecular weight is 447 g/mol. The van der Waals surface area contributed by atoms with Crippen LogP contribution in [0.4, 0.5) is 17.5 Å². The average Bonchev–Trinajstić information content (AvgIpc) is 2.96. The highest BCUT2D eigenvalue weighted by atomic mass is 16.6. The summed E-state index contributed by atoms with van der Waals surface area (Å²) >= 11 is 0. The van der Waals surface area contributed by atoms with Crippen molar-refractivity contribution in [3.63, 3.8) is 0 Å². The highest BCUT2D eigenvalue weighted by molar-refractivity contribution is 6.05. The van der Waals surface area contributed by atoms with Crippen molar-refractivity contribution >= 4 is 29.0 Å². The van der Waals surface area contributed by atoms with Crippen molar-refractivity contribution < 1.29 is 19.0 Å². The van der Waals surface area contributed by atoms with E-state index in [2.05, 4.69) is 15.2 Å². The Balaban J connectivity index is 1.70. The van der Waals surface area contributed by atoms with Crippen LogP contribution in [0.2, 0.25) is 0 Å².